The molecule has 0 bridgehead atoms. The van der Waals surface area contributed by atoms with Crippen molar-refractivity contribution in [3.05, 3.63) is 35.9 Å². The molecule has 0 aliphatic heterocycles. The third-order valence-corrected chi connectivity index (χ3v) is 4.32. The molecule has 1 nitrogen and oxygen atoms in total. The Kier molecular flexibility index (Phi) is 9.86. The first-order valence-corrected chi connectivity index (χ1v) is 8.71. The summed E-state index contributed by atoms with van der Waals surface area (Å²) in [5.41, 5.74) is 7.64. The Balaban J connectivity index is 2.06. The monoisotopic (exact) mass is 293 g/mol. The molecule has 114 valence electrons. The maximum Gasteiger partial charge on any atom is 0.00493 e. The second-order valence-electron chi connectivity index (χ2n) is 5.88. The number of hydrogen-bond acceptors (Lipinski definition) is 2. The van der Waals surface area contributed by atoms with E-state index in [2.05, 4.69) is 49.9 Å². The molecule has 0 spiro atoms. The molecule has 0 saturated carbocycles. The lowest BCUT2D eigenvalue weighted by atomic mass is 10.00. The molecule has 1 aromatic rings. The fourth-order valence-corrected chi connectivity index (χ4v) is 3.06. The second kappa shape index (κ2) is 11.2. The molecular weight excluding hydrogens is 262 g/mol. The molecule has 2 heteroatoms. The zero-order valence-corrected chi connectivity index (χ0v) is 13.8. The molecule has 2 unspecified atom stereocenters. The Morgan fingerprint density at radius 3 is 2.45 bits per heavy atom. The first kappa shape index (κ1) is 17.6. The van der Waals surface area contributed by atoms with Gasteiger partial charge in [-0.15, -0.1) is 0 Å². The van der Waals surface area contributed by atoms with Gasteiger partial charge in [0.15, 0.2) is 0 Å². The van der Waals surface area contributed by atoms with Crippen LogP contribution in [0.3, 0.4) is 0 Å². The van der Waals surface area contributed by atoms with Crippen LogP contribution < -0.4 is 5.73 Å². The molecule has 0 amide bonds. The Morgan fingerprint density at radius 1 is 1.00 bits per heavy atom. The fraction of sp³-hybridized carbons (Fsp3) is 0.667. The van der Waals surface area contributed by atoms with E-state index in [0.29, 0.717) is 11.3 Å². The average molecular weight is 294 g/mol. The summed E-state index contributed by atoms with van der Waals surface area (Å²) in [5, 5.41) is 0.485. The standard InChI is InChI=1S/C18H31NS/c1-2-3-4-8-14-18(20)15-17(19)13-9-12-16-10-6-5-7-11-16/h5-7,10-11,17-18,20H,2-4,8-9,12-15,19H2,1H3. The van der Waals surface area contributed by atoms with E-state index in [1.165, 1.54) is 44.1 Å². The molecule has 0 radical (unpaired) electrons. The van der Waals surface area contributed by atoms with Gasteiger partial charge in [-0.2, -0.15) is 12.6 Å². The average Bonchev–Trinajstić information content (AvgIpc) is 2.45. The van der Waals surface area contributed by atoms with Crippen molar-refractivity contribution in [3.8, 4) is 0 Å². The zero-order chi connectivity index (χ0) is 14.6. The summed E-state index contributed by atoms with van der Waals surface area (Å²) >= 11 is 4.68. The summed E-state index contributed by atoms with van der Waals surface area (Å²) in [7, 11) is 0. The SMILES string of the molecule is CCCCCCC(S)CC(N)CCCc1ccccc1. The minimum atomic E-state index is 0.312. The van der Waals surface area contributed by atoms with Crippen LogP contribution in [-0.4, -0.2) is 11.3 Å². The van der Waals surface area contributed by atoms with Gasteiger partial charge >= 0.3 is 0 Å². The van der Waals surface area contributed by atoms with Crippen molar-refractivity contribution in [1.29, 1.82) is 0 Å². The van der Waals surface area contributed by atoms with Crippen LogP contribution in [0.5, 0.6) is 0 Å². The number of nitrogens with two attached hydrogens (primary N) is 1. The number of unbranched alkanes of at least 4 members (excludes halogenated alkanes) is 3. The molecule has 20 heavy (non-hydrogen) atoms. The van der Waals surface area contributed by atoms with Crippen LogP contribution >= 0.6 is 12.6 Å². The summed E-state index contributed by atoms with van der Waals surface area (Å²) in [6.45, 7) is 2.25. The van der Waals surface area contributed by atoms with Crippen LogP contribution in [0.1, 0.15) is 63.9 Å². The molecule has 2 N–H and O–H groups in total. The lowest BCUT2D eigenvalue weighted by Gasteiger charge is -2.16. The smallest absolute Gasteiger partial charge is 0.00493 e. The minimum absolute atomic E-state index is 0.312. The fourth-order valence-electron chi connectivity index (χ4n) is 2.60. The van der Waals surface area contributed by atoms with Crippen LogP contribution in [0, 0.1) is 0 Å². The zero-order valence-electron chi connectivity index (χ0n) is 12.9. The van der Waals surface area contributed by atoms with Crippen LogP contribution in [-0.2, 0) is 6.42 Å². The van der Waals surface area contributed by atoms with Gasteiger partial charge in [0.25, 0.3) is 0 Å². The predicted molar refractivity (Wildman–Crippen MR) is 93.5 cm³/mol. The van der Waals surface area contributed by atoms with E-state index in [0.717, 1.165) is 19.3 Å². The van der Waals surface area contributed by atoms with E-state index in [9.17, 15) is 0 Å². The molecule has 0 aromatic heterocycles. The molecular formula is C18H31NS. The summed E-state index contributed by atoms with van der Waals surface area (Å²) in [6.07, 6.45) is 11.0. The highest BCUT2D eigenvalue weighted by molar-refractivity contribution is 7.80. The minimum Gasteiger partial charge on any atom is -0.328 e. The first-order valence-electron chi connectivity index (χ1n) is 8.20. The number of hydrogen-bond donors (Lipinski definition) is 2. The third kappa shape index (κ3) is 8.65. The quantitative estimate of drug-likeness (QED) is 0.436. The maximum atomic E-state index is 6.22. The van der Waals surface area contributed by atoms with Crippen molar-refractivity contribution in [3.63, 3.8) is 0 Å². The highest BCUT2D eigenvalue weighted by Gasteiger charge is 2.09. The van der Waals surface area contributed by atoms with E-state index >= 15 is 0 Å². The van der Waals surface area contributed by atoms with Gasteiger partial charge in [-0.05, 0) is 37.7 Å². The normalized spacial score (nSPS) is 14.2. The number of benzene rings is 1. The number of aryl methyl sites for hydroxylation is 1. The lowest BCUT2D eigenvalue weighted by molar-refractivity contribution is 0.510. The van der Waals surface area contributed by atoms with Gasteiger partial charge in [-0.1, -0.05) is 62.9 Å². The Morgan fingerprint density at radius 2 is 1.75 bits per heavy atom. The van der Waals surface area contributed by atoms with Crippen molar-refractivity contribution < 1.29 is 0 Å². The van der Waals surface area contributed by atoms with Crippen LogP contribution in [0.25, 0.3) is 0 Å². The molecule has 0 heterocycles. The van der Waals surface area contributed by atoms with Crippen molar-refractivity contribution >= 4 is 12.6 Å². The Hall–Kier alpha value is -0.470. The van der Waals surface area contributed by atoms with E-state index in [-0.39, 0.29) is 0 Å². The Labute approximate surface area is 130 Å². The van der Waals surface area contributed by atoms with Gasteiger partial charge in [0.1, 0.15) is 0 Å². The first-order chi connectivity index (χ1) is 9.72. The number of thiol groups is 1. The third-order valence-electron chi connectivity index (χ3n) is 3.85. The number of rotatable bonds is 11. The van der Waals surface area contributed by atoms with Crippen LogP contribution in [0.2, 0.25) is 0 Å². The molecule has 1 rings (SSSR count). The second-order valence-corrected chi connectivity index (χ2v) is 6.61. The van der Waals surface area contributed by atoms with Crippen molar-refractivity contribution in [2.24, 2.45) is 5.73 Å². The molecule has 0 aliphatic rings. The van der Waals surface area contributed by atoms with Gasteiger partial charge in [-0.3, -0.25) is 0 Å². The van der Waals surface area contributed by atoms with Crippen LogP contribution in [0.15, 0.2) is 30.3 Å². The van der Waals surface area contributed by atoms with Gasteiger partial charge < -0.3 is 5.73 Å². The largest absolute Gasteiger partial charge is 0.328 e. The van der Waals surface area contributed by atoms with E-state index in [4.69, 9.17) is 5.73 Å². The summed E-state index contributed by atoms with van der Waals surface area (Å²) in [6, 6.07) is 11.0. The van der Waals surface area contributed by atoms with Crippen LogP contribution in [0.4, 0.5) is 0 Å². The summed E-state index contributed by atoms with van der Waals surface area (Å²) < 4.78 is 0. The van der Waals surface area contributed by atoms with Gasteiger partial charge in [-0.25, -0.2) is 0 Å². The van der Waals surface area contributed by atoms with Crippen molar-refractivity contribution in [1.82, 2.24) is 0 Å². The van der Waals surface area contributed by atoms with Crippen molar-refractivity contribution in [2.45, 2.75) is 76.0 Å². The van der Waals surface area contributed by atoms with E-state index in [1.54, 1.807) is 0 Å². The van der Waals surface area contributed by atoms with Gasteiger partial charge in [0.2, 0.25) is 0 Å². The lowest BCUT2D eigenvalue weighted by Crippen LogP contribution is -2.24. The molecule has 0 saturated heterocycles. The van der Waals surface area contributed by atoms with E-state index < -0.39 is 0 Å². The molecule has 0 aliphatic carbocycles. The highest BCUT2D eigenvalue weighted by Crippen LogP contribution is 2.16. The highest BCUT2D eigenvalue weighted by atomic mass is 32.1. The molecule has 2 atom stereocenters. The predicted octanol–water partition coefficient (Wildman–Crippen LogP) is 5.00. The molecule has 1 aromatic carbocycles. The summed E-state index contributed by atoms with van der Waals surface area (Å²) in [5.74, 6) is 0. The topological polar surface area (TPSA) is 26.0 Å². The van der Waals surface area contributed by atoms with E-state index in [1.807, 2.05) is 0 Å². The van der Waals surface area contributed by atoms with Crippen molar-refractivity contribution in [2.75, 3.05) is 0 Å². The summed E-state index contributed by atoms with van der Waals surface area (Å²) in [4.78, 5) is 0. The Bertz CT molecular complexity index is 325. The van der Waals surface area contributed by atoms with Gasteiger partial charge in [0, 0.05) is 11.3 Å². The maximum absolute atomic E-state index is 6.22. The molecule has 0 fully saturated rings. The van der Waals surface area contributed by atoms with Gasteiger partial charge in [0.05, 0.1) is 0 Å².